The molecule has 0 spiro atoms. The van der Waals surface area contributed by atoms with Gasteiger partial charge < -0.3 is 14.2 Å². The minimum Gasteiger partial charge on any atom is -0.490 e. The minimum atomic E-state index is -0.483. The number of carbonyl (C=O) groups excluding carboxylic acids is 1. The van der Waals surface area contributed by atoms with Gasteiger partial charge in [-0.05, 0) is 60.0 Å². The van der Waals surface area contributed by atoms with Gasteiger partial charge in [0.25, 0.3) is 0 Å². The molecule has 31 heavy (non-hydrogen) atoms. The molecule has 0 radical (unpaired) electrons. The van der Waals surface area contributed by atoms with Crippen LogP contribution in [0.2, 0.25) is 0 Å². The number of carbonyl (C=O) groups is 1. The Morgan fingerprint density at radius 1 is 1.06 bits per heavy atom. The molecule has 1 aliphatic heterocycles. The number of rotatable bonds is 7. The molecule has 1 heterocycles. The molecule has 156 valence electrons. The molecule has 4 rings (SSSR count). The summed E-state index contributed by atoms with van der Waals surface area (Å²) in [7, 11) is 0. The summed E-state index contributed by atoms with van der Waals surface area (Å²) in [5.74, 6) is 1.05. The van der Waals surface area contributed by atoms with Crippen molar-refractivity contribution in [2.24, 2.45) is 4.99 Å². The maximum absolute atomic E-state index is 12.5. The van der Waals surface area contributed by atoms with Crippen LogP contribution in [0.15, 0.2) is 83.5 Å². The second-order valence-electron chi connectivity index (χ2n) is 7.25. The van der Waals surface area contributed by atoms with Crippen molar-refractivity contribution in [2.45, 2.75) is 13.8 Å². The first-order valence-electron chi connectivity index (χ1n) is 10.1. The van der Waals surface area contributed by atoms with Gasteiger partial charge in [0, 0.05) is 5.56 Å². The molecule has 0 bridgehead atoms. The van der Waals surface area contributed by atoms with Gasteiger partial charge in [-0.1, -0.05) is 49.0 Å². The molecular weight excluding hydrogens is 390 g/mol. The van der Waals surface area contributed by atoms with Crippen molar-refractivity contribution in [1.29, 1.82) is 0 Å². The molecule has 5 nitrogen and oxygen atoms in total. The molecule has 0 saturated carbocycles. The second-order valence-corrected chi connectivity index (χ2v) is 7.25. The topological polar surface area (TPSA) is 57.1 Å². The monoisotopic (exact) mass is 413 g/mol. The number of benzene rings is 3. The summed E-state index contributed by atoms with van der Waals surface area (Å²) in [6.45, 7) is 8.56. The van der Waals surface area contributed by atoms with Crippen molar-refractivity contribution in [3.05, 3.63) is 89.6 Å². The van der Waals surface area contributed by atoms with Gasteiger partial charge >= 0.3 is 5.97 Å². The van der Waals surface area contributed by atoms with Gasteiger partial charge in [-0.25, -0.2) is 9.79 Å². The van der Waals surface area contributed by atoms with Gasteiger partial charge in [0.15, 0.2) is 17.2 Å². The van der Waals surface area contributed by atoms with Crippen molar-refractivity contribution in [3.8, 4) is 11.5 Å². The predicted molar refractivity (Wildman–Crippen MR) is 122 cm³/mol. The summed E-state index contributed by atoms with van der Waals surface area (Å²) >= 11 is 0. The summed E-state index contributed by atoms with van der Waals surface area (Å²) in [5, 5.41) is 2.04. The number of esters is 1. The van der Waals surface area contributed by atoms with Crippen LogP contribution in [0.4, 0.5) is 0 Å². The van der Waals surface area contributed by atoms with Crippen LogP contribution in [-0.2, 0) is 9.53 Å². The standard InChI is InChI=1S/C26H23NO4/c1-4-29-24-15-18(12-13-23(24)30-16-17(2)3)14-22-26(28)31-25(27-22)21-11-7-9-19-8-5-6-10-20(19)21/h5-15H,2,4,16H2,1,3H3/b22-14-. The number of fused-ring (bicyclic) bond motifs is 1. The van der Waals surface area contributed by atoms with Crippen molar-refractivity contribution in [2.75, 3.05) is 13.2 Å². The number of cyclic esters (lactones) is 1. The molecule has 0 saturated heterocycles. The Morgan fingerprint density at radius 2 is 1.87 bits per heavy atom. The maximum atomic E-state index is 12.5. The van der Waals surface area contributed by atoms with Crippen molar-refractivity contribution < 1.29 is 19.0 Å². The molecule has 0 amide bonds. The normalized spacial score (nSPS) is 14.5. The Hall–Kier alpha value is -3.86. The highest BCUT2D eigenvalue weighted by atomic mass is 16.6. The van der Waals surface area contributed by atoms with Crippen molar-refractivity contribution in [3.63, 3.8) is 0 Å². The van der Waals surface area contributed by atoms with Gasteiger partial charge in [0.1, 0.15) is 6.61 Å². The van der Waals surface area contributed by atoms with Gasteiger partial charge in [0.05, 0.1) is 6.61 Å². The second kappa shape index (κ2) is 8.88. The Balaban J connectivity index is 1.66. The van der Waals surface area contributed by atoms with Crippen LogP contribution in [0.3, 0.4) is 0 Å². The van der Waals surface area contributed by atoms with Crippen LogP contribution in [0.5, 0.6) is 11.5 Å². The smallest absolute Gasteiger partial charge is 0.363 e. The Morgan fingerprint density at radius 3 is 2.68 bits per heavy atom. The van der Waals surface area contributed by atoms with Gasteiger partial charge in [-0.3, -0.25) is 0 Å². The summed E-state index contributed by atoms with van der Waals surface area (Å²) in [4.78, 5) is 16.9. The lowest BCUT2D eigenvalue weighted by atomic mass is 10.0. The van der Waals surface area contributed by atoms with Crippen molar-refractivity contribution >= 4 is 28.7 Å². The average Bonchev–Trinajstić information content (AvgIpc) is 3.13. The summed E-state index contributed by atoms with van der Waals surface area (Å²) in [6.07, 6.45) is 1.69. The van der Waals surface area contributed by atoms with E-state index in [4.69, 9.17) is 14.2 Å². The predicted octanol–water partition coefficient (Wildman–Crippen LogP) is 5.54. The largest absolute Gasteiger partial charge is 0.490 e. The third-order valence-electron chi connectivity index (χ3n) is 4.69. The van der Waals surface area contributed by atoms with Crippen LogP contribution >= 0.6 is 0 Å². The molecule has 0 atom stereocenters. The molecule has 0 unspecified atom stereocenters. The van der Waals surface area contributed by atoms with Crippen molar-refractivity contribution in [1.82, 2.24) is 0 Å². The Kier molecular flexibility index (Phi) is 5.85. The van der Waals surface area contributed by atoms with E-state index in [1.165, 1.54) is 0 Å². The van der Waals surface area contributed by atoms with E-state index >= 15 is 0 Å². The van der Waals surface area contributed by atoms with E-state index in [-0.39, 0.29) is 5.70 Å². The number of nitrogens with zero attached hydrogens (tertiary/aromatic N) is 1. The molecule has 5 heteroatoms. The van der Waals surface area contributed by atoms with E-state index in [1.807, 2.05) is 74.5 Å². The van der Waals surface area contributed by atoms with Gasteiger partial charge in [-0.2, -0.15) is 0 Å². The third kappa shape index (κ3) is 4.51. The van der Waals surface area contributed by atoms with Crippen LogP contribution in [0.25, 0.3) is 16.8 Å². The van der Waals surface area contributed by atoms with E-state index in [1.54, 1.807) is 6.08 Å². The number of ether oxygens (including phenoxy) is 3. The first-order chi connectivity index (χ1) is 15.0. The van der Waals surface area contributed by atoms with Gasteiger partial charge in [-0.15, -0.1) is 0 Å². The van der Waals surface area contributed by atoms with E-state index < -0.39 is 5.97 Å². The summed E-state index contributed by atoms with van der Waals surface area (Å²) in [5.41, 5.74) is 2.70. The van der Waals surface area contributed by atoms with Gasteiger partial charge in [0.2, 0.25) is 5.90 Å². The first kappa shape index (κ1) is 20.4. The minimum absolute atomic E-state index is 0.237. The molecule has 0 aliphatic carbocycles. The number of hydrogen-bond donors (Lipinski definition) is 0. The molecule has 0 N–H and O–H groups in total. The fraction of sp³-hybridized carbons (Fsp3) is 0.154. The lowest BCUT2D eigenvalue weighted by Gasteiger charge is -2.12. The Bertz CT molecular complexity index is 1220. The lowest BCUT2D eigenvalue weighted by molar-refractivity contribution is -0.129. The third-order valence-corrected chi connectivity index (χ3v) is 4.69. The highest BCUT2D eigenvalue weighted by Gasteiger charge is 2.25. The van der Waals surface area contributed by atoms with E-state index in [0.717, 1.165) is 27.5 Å². The Labute approximate surface area is 181 Å². The average molecular weight is 413 g/mol. The van der Waals surface area contributed by atoms with E-state index in [0.29, 0.717) is 30.6 Å². The summed E-state index contributed by atoms with van der Waals surface area (Å²) < 4.78 is 16.9. The van der Waals surface area contributed by atoms with Crippen LogP contribution in [0.1, 0.15) is 25.0 Å². The fourth-order valence-electron chi connectivity index (χ4n) is 3.30. The van der Waals surface area contributed by atoms with Crippen LogP contribution < -0.4 is 9.47 Å². The number of aliphatic imine (C=N–C) groups is 1. The lowest BCUT2D eigenvalue weighted by Crippen LogP contribution is -2.06. The molecule has 3 aromatic carbocycles. The molecule has 0 aromatic heterocycles. The zero-order valence-corrected chi connectivity index (χ0v) is 17.6. The first-order valence-corrected chi connectivity index (χ1v) is 10.1. The maximum Gasteiger partial charge on any atom is 0.363 e. The summed E-state index contributed by atoms with van der Waals surface area (Å²) in [6, 6.07) is 19.2. The molecule has 0 fully saturated rings. The van der Waals surface area contributed by atoms with E-state index in [9.17, 15) is 4.79 Å². The number of hydrogen-bond acceptors (Lipinski definition) is 5. The SMILES string of the molecule is C=C(C)COc1ccc(/C=C2\N=C(c3cccc4ccccc34)OC2=O)cc1OCC. The van der Waals surface area contributed by atoms with Crippen LogP contribution in [-0.4, -0.2) is 25.1 Å². The molecular formula is C26H23NO4. The quantitative estimate of drug-likeness (QED) is 0.290. The molecule has 1 aliphatic rings. The fourth-order valence-corrected chi connectivity index (χ4v) is 3.30. The van der Waals surface area contributed by atoms with E-state index in [2.05, 4.69) is 11.6 Å². The molecule has 3 aromatic rings. The zero-order valence-electron chi connectivity index (χ0n) is 17.6. The zero-order chi connectivity index (χ0) is 21.8. The van der Waals surface area contributed by atoms with Crippen LogP contribution in [0, 0.1) is 0 Å². The highest BCUT2D eigenvalue weighted by molar-refractivity contribution is 6.17. The highest BCUT2D eigenvalue weighted by Crippen LogP contribution is 2.31.